The van der Waals surface area contributed by atoms with Crippen LogP contribution in [0.15, 0.2) is 40.4 Å². The lowest BCUT2D eigenvalue weighted by atomic mass is 10.2. The van der Waals surface area contributed by atoms with Crippen LogP contribution in [0.5, 0.6) is 0 Å². The summed E-state index contributed by atoms with van der Waals surface area (Å²) in [6.07, 6.45) is 0. The van der Waals surface area contributed by atoms with Crippen LogP contribution in [0.4, 0.5) is 5.69 Å². The molecule has 0 atom stereocenters. The first-order chi connectivity index (χ1) is 7.72. The Bertz CT molecular complexity index is 516. The summed E-state index contributed by atoms with van der Waals surface area (Å²) in [5, 5.41) is 11.9. The van der Waals surface area contributed by atoms with E-state index in [0.717, 1.165) is 10.6 Å². The highest BCUT2D eigenvalue weighted by atomic mass is 32.2. The van der Waals surface area contributed by atoms with Crippen LogP contribution in [0, 0.1) is 11.3 Å². The Kier molecular flexibility index (Phi) is 2.84. The maximum Gasteiger partial charge on any atom is 0.261 e. The lowest BCUT2D eigenvalue weighted by Gasteiger charge is -2.20. The van der Waals surface area contributed by atoms with Crippen molar-refractivity contribution in [3.05, 3.63) is 35.5 Å². The van der Waals surface area contributed by atoms with Gasteiger partial charge in [-0.05, 0) is 12.1 Å². The zero-order valence-corrected chi connectivity index (χ0v) is 9.17. The van der Waals surface area contributed by atoms with Gasteiger partial charge in [0, 0.05) is 16.3 Å². The van der Waals surface area contributed by atoms with Gasteiger partial charge in [-0.3, -0.25) is 4.79 Å². The van der Waals surface area contributed by atoms with E-state index in [-0.39, 0.29) is 5.57 Å². The van der Waals surface area contributed by atoms with E-state index in [9.17, 15) is 4.79 Å². The number of primary amides is 1. The predicted molar refractivity (Wildman–Crippen MR) is 62.6 cm³/mol. The van der Waals surface area contributed by atoms with Gasteiger partial charge in [-0.1, -0.05) is 12.1 Å². The van der Waals surface area contributed by atoms with Crippen molar-refractivity contribution in [3.8, 4) is 6.07 Å². The molecule has 1 amide bonds. The number of anilines is 1. The second-order valence-corrected chi connectivity index (χ2v) is 4.26. The third-order valence-corrected chi connectivity index (χ3v) is 3.30. The van der Waals surface area contributed by atoms with Crippen molar-refractivity contribution in [2.75, 3.05) is 11.1 Å². The van der Waals surface area contributed by atoms with E-state index in [0.29, 0.717) is 11.4 Å². The smallest absolute Gasteiger partial charge is 0.261 e. The normalized spacial score (nSPS) is 16.7. The van der Waals surface area contributed by atoms with Crippen molar-refractivity contribution in [3.63, 3.8) is 0 Å². The number of carbonyl (C=O) groups excluding carboxylic acids is 1. The average molecular weight is 231 g/mol. The molecule has 1 aromatic carbocycles. The molecule has 0 unspecified atom stereocenters. The highest BCUT2D eigenvalue weighted by Crippen LogP contribution is 2.34. The van der Waals surface area contributed by atoms with Crippen LogP contribution in [-0.2, 0) is 4.79 Å². The summed E-state index contributed by atoms with van der Waals surface area (Å²) < 4.78 is 0. The molecule has 0 aliphatic carbocycles. The van der Waals surface area contributed by atoms with Gasteiger partial charge in [-0.15, -0.1) is 11.8 Å². The number of rotatable bonds is 1. The largest absolute Gasteiger partial charge is 0.365 e. The molecule has 0 fully saturated rings. The quantitative estimate of drug-likeness (QED) is 0.566. The summed E-state index contributed by atoms with van der Waals surface area (Å²) >= 11 is 1.58. The molecule has 1 aliphatic heterocycles. The zero-order valence-electron chi connectivity index (χ0n) is 8.36. The first kappa shape index (κ1) is 10.6. The summed E-state index contributed by atoms with van der Waals surface area (Å²) in [5.41, 5.74) is 6.62. The van der Waals surface area contributed by atoms with Crippen LogP contribution in [0.25, 0.3) is 0 Å². The number of nitrogens with one attached hydrogen (secondary N) is 1. The first-order valence-electron chi connectivity index (χ1n) is 4.64. The predicted octanol–water partition coefficient (Wildman–Crippen LogP) is 1.47. The molecular formula is C11H9N3OS. The molecule has 0 saturated carbocycles. The number of benzene rings is 1. The van der Waals surface area contributed by atoms with Gasteiger partial charge >= 0.3 is 0 Å². The molecule has 1 aliphatic rings. The van der Waals surface area contributed by atoms with Gasteiger partial charge < -0.3 is 11.1 Å². The second-order valence-electron chi connectivity index (χ2n) is 3.24. The van der Waals surface area contributed by atoms with Crippen LogP contribution in [0.2, 0.25) is 0 Å². The van der Waals surface area contributed by atoms with Gasteiger partial charge in [0.05, 0.1) is 5.69 Å². The number of nitrogens with two attached hydrogens (primary N) is 1. The number of thioether (sulfide) groups is 1. The lowest BCUT2D eigenvalue weighted by molar-refractivity contribution is -0.114. The molecule has 16 heavy (non-hydrogen) atoms. The minimum atomic E-state index is -0.690. The van der Waals surface area contributed by atoms with E-state index >= 15 is 0 Å². The molecule has 1 aromatic rings. The van der Waals surface area contributed by atoms with Crippen molar-refractivity contribution in [2.45, 2.75) is 4.90 Å². The number of para-hydroxylation sites is 1. The van der Waals surface area contributed by atoms with E-state index in [1.54, 1.807) is 11.8 Å². The highest BCUT2D eigenvalue weighted by Gasteiger charge is 2.18. The van der Waals surface area contributed by atoms with Gasteiger partial charge in [0.1, 0.15) is 11.6 Å². The lowest BCUT2D eigenvalue weighted by Crippen LogP contribution is -2.20. The molecule has 0 aromatic heterocycles. The second kappa shape index (κ2) is 4.29. The molecule has 80 valence electrons. The van der Waals surface area contributed by atoms with Gasteiger partial charge in [0.2, 0.25) is 0 Å². The molecule has 0 radical (unpaired) electrons. The summed E-state index contributed by atoms with van der Waals surface area (Å²) in [7, 11) is 0. The van der Waals surface area contributed by atoms with E-state index < -0.39 is 5.91 Å². The summed E-state index contributed by atoms with van der Waals surface area (Å²) in [4.78, 5) is 12.1. The Balaban J connectivity index is 2.39. The van der Waals surface area contributed by atoms with Gasteiger partial charge in [0.25, 0.3) is 5.91 Å². The topological polar surface area (TPSA) is 78.9 Å². The van der Waals surface area contributed by atoms with Gasteiger partial charge in [-0.2, -0.15) is 5.26 Å². The molecule has 3 N–H and O–H groups in total. The van der Waals surface area contributed by atoms with Crippen molar-refractivity contribution in [2.24, 2.45) is 5.73 Å². The average Bonchev–Trinajstić information content (AvgIpc) is 2.29. The Morgan fingerprint density at radius 1 is 1.50 bits per heavy atom. The monoisotopic (exact) mass is 231 g/mol. The minimum absolute atomic E-state index is 0.00185. The zero-order chi connectivity index (χ0) is 11.5. The highest BCUT2D eigenvalue weighted by molar-refractivity contribution is 7.99. The number of carbonyl (C=O) groups is 1. The molecule has 4 nitrogen and oxygen atoms in total. The minimum Gasteiger partial charge on any atom is -0.365 e. The Morgan fingerprint density at radius 3 is 2.94 bits per heavy atom. The maximum absolute atomic E-state index is 11.0. The van der Waals surface area contributed by atoms with Crippen molar-refractivity contribution in [1.82, 2.24) is 0 Å². The van der Waals surface area contributed by atoms with Crippen LogP contribution >= 0.6 is 11.8 Å². The molecule has 0 saturated heterocycles. The van der Waals surface area contributed by atoms with Crippen molar-refractivity contribution >= 4 is 23.4 Å². The van der Waals surface area contributed by atoms with Crippen LogP contribution in [0.1, 0.15) is 0 Å². The number of hydrogen-bond acceptors (Lipinski definition) is 4. The number of hydrogen-bond donors (Lipinski definition) is 2. The van der Waals surface area contributed by atoms with Crippen LogP contribution in [-0.4, -0.2) is 11.7 Å². The molecule has 5 heteroatoms. The molecule has 0 bridgehead atoms. The Morgan fingerprint density at radius 2 is 2.25 bits per heavy atom. The Labute approximate surface area is 97.1 Å². The third kappa shape index (κ3) is 1.88. The van der Waals surface area contributed by atoms with Crippen molar-refractivity contribution < 1.29 is 4.79 Å². The van der Waals surface area contributed by atoms with E-state index in [2.05, 4.69) is 5.32 Å². The summed E-state index contributed by atoms with van der Waals surface area (Å²) in [5.74, 6) is -0.131. The first-order valence-corrected chi connectivity index (χ1v) is 5.63. The Hall–Kier alpha value is -1.93. The van der Waals surface area contributed by atoms with E-state index in [4.69, 9.17) is 11.0 Å². The van der Waals surface area contributed by atoms with E-state index in [1.807, 2.05) is 30.3 Å². The summed E-state index contributed by atoms with van der Waals surface area (Å²) in [6, 6.07) is 9.56. The van der Waals surface area contributed by atoms with Crippen LogP contribution < -0.4 is 11.1 Å². The number of nitriles is 1. The number of fused-ring (bicyclic) bond motifs is 1. The number of amides is 1. The SMILES string of the molecule is N#C/C(C(N)=O)=C1\CSc2ccccc2N1. The molecule has 1 heterocycles. The van der Waals surface area contributed by atoms with E-state index in [1.165, 1.54) is 0 Å². The maximum atomic E-state index is 11.0. The fraction of sp³-hybridized carbons (Fsp3) is 0.0909. The summed E-state index contributed by atoms with van der Waals surface area (Å²) in [6.45, 7) is 0. The fourth-order valence-corrected chi connectivity index (χ4v) is 2.42. The fourth-order valence-electron chi connectivity index (χ4n) is 1.45. The van der Waals surface area contributed by atoms with Gasteiger partial charge in [-0.25, -0.2) is 0 Å². The molecule has 2 rings (SSSR count). The molecular weight excluding hydrogens is 222 g/mol. The number of nitrogens with zero attached hydrogens (tertiary/aromatic N) is 1. The molecule has 0 spiro atoms. The van der Waals surface area contributed by atoms with Crippen molar-refractivity contribution in [1.29, 1.82) is 5.26 Å². The van der Waals surface area contributed by atoms with Crippen LogP contribution in [0.3, 0.4) is 0 Å². The van der Waals surface area contributed by atoms with Gasteiger partial charge in [0.15, 0.2) is 0 Å². The third-order valence-electron chi connectivity index (χ3n) is 2.20. The standard InChI is InChI=1S/C11H9N3OS/c12-5-7(11(13)15)9-6-16-10-4-2-1-3-8(10)14-9/h1-4,14H,6H2,(H2,13,15)/b9-7-.